The Morgan fingerprint density at radius 2 is 2.00 bits per heavy atom. The molecule has 1 aromatic carbocycles. The maximum Gasteiger partial charge on any atom is 0.0679 e. The highest BCUT2D eigenvalue weighted by Crippen LogP contribution is 2.24. The minimum absolute atomic E-state index is 0.656. The summed E-state index contributed by atoms with van der Waals surface area (Å²) in [6.45, 7) is 0.836. The van der Waals surface area contributed by atoms with Gasteiger partial charge in [0, 0.05) is 24.1 Å². The van der Waals surface area contributed by atoms with Crippen molar-refractivity contribution in [1.29, 1.82) is 0 Å². The fourth-order valence-corrected chi connectivity index (χ4v) is 2.66. The molecule has 94 valence electrons. The molecule has 0 spiro atoms. The van der Waals surface area contributed by atoms with Gasteiger partial charge < -0.3 is 5.32 Å². The Kier molecular flexibility index (Phi) is 3.31. The number of hydrogen-bond acceptors (Lipinski definition) is 2. The second-order valence-electron chi connectivity index (χ2n) is 4.99. The minimum atomic E-state index is 0.656. The standard InChI is InChI=1S/C15H19N3/c1-4-9-15(17-14-7-2-3-8-14)13(6-1)12-18-11-5-10-16-18/h1,4-6,9-11,14,17H,2-3,7-8,12H2. The van der Waals surface area contributed by atoms with Crippen LogP contribution in [-0.4, -0.2) is 15.8 Å². The first kappa shape index (κ1) is 11.3. The molecule has 0 atom stereocenters. The van der Waals surface area contributed by atoms with Crippen LogP contribution in [-0.2, 0) is 6.54 Å². The molecular formula is C15H19N3. The monoisotopic (exact) mass is 241 g/mol. The summed E-state index contributed by atoms with van der Waals surface area (Å²) in [6, 6.07) is 11.2. The van der Waals surface area contributed by atoms with E-state index in [1.54, 1.807) is 0 Å². The lowest BCUT2D eigenvalue weighted by molar-refractivity contribution is 0.683. The van der Waals surface area contributed by atoms with Gasteiger partial charge in [-0.25, -0.2) is 0 Å². The van der Waals surface area contributed by atoms with Crippen LogP contribution in [0.25, 0.3) is 0 Å². The topological polar surface area (TPSA) is 29.9 Å². The molecule has 1 aliphatic carbocycles. The summed E-state index contributed by atoms with van der Waals surface area (Å²) < 4.78 is 1.97. The van der Waals surface area contributed by atoms with Crippen molar-refractivity contribution in [2.24, 2.45) is 0 Å². The number of benzene rings is 1. The Balaban J connectivity index is 1.76. The van der Waals surface area contributed by atoms with Crippen LogP contribution < -0.4 is 5.32 Å². The molecule has 3 heteroatoms. The van der Waals surface area contributed by atoms with E-state index in [0.717, 1.165) is 6.54 Å². The molecule has 0 bridgehead atoms. The molecule has 3 nitrogen and oxygen atoms in total. The lowest BCUT2D eigenvalue weighted by atomic mass is 10.1. The predicted molar refractivity (Wildman–Crippen MR) is 73.6 cm³/mol. The highest BCUT2D eigenvalue weighted by molar-refractivity contribution is 5.52. The maximum absolute atomic E-state index is 4.27. The Bertz CT molecular complexity index is 484. The fraction of sp³-hybridized carbons (Fsp3) is 0.400. The van der Waals surface area contributed by atoms with Crippen molar-refractivity contribution in [3.8, 4) is 0 Å². The third-order valence-electron chi connectivity index (χ3n) is 3.62. The Morgan fingerprint density at radius 1 is 1.17 bits per heavy atom. The molecule has 18 heavy (non-hydrogen) atoms. The number of rotatable bonds is 4. The summed E-state index contributed by atoms with van der Waals surface area (Å²) in [4.78, 5) is 0. The van der Waals surface area contributed by atoms with E-state index in [1.165, 1.54) is 36.9 Å². The van der Waals surface area contributed by atoms with E-state index >= 15 is 0 Å². The van der Waals surface area contributed by atoms with Gasteiger partial charge in [-0.3, -0.25) is 4.68 Å². The van der Waals surface area contributed by atoms with Gasteiger partial charge >= 0.3 is 0 Å². The van der Waals surface area contributed by atoms with Crippen LogP contribution in [0.1, 0.15) is 31.2 Å². The van der Waals surface area contributed by atoms with Crippen molar-refractivity contribution >= 4 is 5.69 Å². The SMILES string of the molecule is c1ccc(NC2CCCC2)c(Cn2cccn2)c1. The van der Waals surface area contributed by atoms with Crippen molar-refractivity contribution in [3.05, 3.63) is 48.3 Å². The van der Waals surface area contributed by atoms with Crippen LogP contribution in [0.5, 0.6) is 0 Å². The van der Waals surface area contributed by atoms with Gasteiger partial charge in [-0.2, -0.15) is 5.10 Å². The smallest absolute Gasteiger partial charge is 0.0679 e. The third-order valence-corrected chi connectivity index (χ3v) is 3.62. The number of nitrogens with zero attached hydrogens (tertiary/aromatic N) is 2. The van der Waals surface area contributed by atoms with Gasteiger partial charge in [-0.05, 0) is 30.5 Å². The number of para-hydroxylation sites is 1. The first-order valence-corrected chi connectivity index (χ1v) is 6.74. The number of aromatic nitrogens is 2. The van der Waals surface area contributed by atoms with E-state index < -0.39 is 0 Å². The van der Waals surface area contributed by atoms with E-state index in [9.17, 15) is 0 Å². The van der Waals surface area contributed by atoms with Crippen molar-refractivity contribution in [3.63, 3.8) is 0 Å². The molecule has 0 saturated heterocycles. The second-order valence-corrected chi connectivity index (χ2v) is 4.99. The lowest BCUT2D eigenvalue weighted by Gasteiger charge is -2.17. The van der Waals surface area contributed by atoms with Gasteiger partial charge in [0.05, 0.1) is 6.54 Å². The second kappa shape index (κ2) is 5.25. The molecule has 0 aliphatic heterocycles. The van der Waals surface area contributed by atoms with Crippen LogP contribution in [0.15, 0.2) is 42.7 Å². The summed E-state index contributed by atoms with van der Waals surface area (Å²) in [7, 11) is 0. The zero-order valence-electron chi connectivity index (χ0n) is 10.5. The molecule has 0 radical (unpaired) electrons. The van der Waals surface area contributed by atoms with Gasteiger partial charge in [0.2, 0.25) is 0 Å². The van der Waals surface area contributed by atoms with Gasteiger partial charge in [0.25, 0.3) is 0 Å². The number of nitrogens with one attached hydrogen (secondary N) is 1. The molecule has 1 fully saturated rings. The van der Waals surface area contributed by atoms with Crippen LogP contribution in [0.3, 0.4) is 0 Å². The average Bonchev–Trinajstić information content (AvgIpc) is 3.05. The molecule has 1 aromatic heterocycles. The molecule has 1 saturated carbocycles. The van der Waals surface area contributed by atoms with Crippen LogP contribution in [0.2, 0.25) is 0 Å². The minimum Gasteiger partial charge on any atom is -0.382 e. The van der Waals surface area contributed by atoms with Gasteiger partial charge in [0.15, 0.2) is 0 Å². The molecule has 3 rings (SSSR count). The van der Waals surface area contributed by atoms with Gasteiger partial charge in [-0.15, -0.1) is 0 Å². The van der Waals surface area contributed by atoms with E-state index in [2.05, 4.69) is 34.7 Å². The number of hydrogen-bond donors (Lipinski definition) is 1. The highest BCUT2D eigenvalue weighted by atomic mass is 15.3. The zero-order valence-corrected chi connectivity index (χ0v) is 10.5. The Hall–Kier alpha value is -1.77. The summed E-state index contributed by atoms with van der Waals surface area (Å²) in [6.07, 6.45) is 9.16. The first-order valence-electron chi connectivity index (χ1n) is 6.74. The zero-order chi connectivity index (χ0) is 12.2. The predicted octanol–water partition coefficient (Wildman–Crippen LogP) is 3.29. The third kappa shape index (κ3) is 2.55. The van der Waals surface area contributed by atoms with Crippen molar-refractivity contribution < 1.29 is 0 Å². The van der Waals surface area contributed by atoms with Crippen LogP contribution in [0, 0.1) is 0 Å². The maximum atomic E-state index is 4.27. The highest BCUT2D eigenvalue weighted by Gasteiger charge is 2.15. The summed E-state index contributed by atoms with van der Waals surface area (Å²) in [5.41, 5.74) is 2.58. The summed E-state index contributed by atoms with van der Waals surface area (Å²) in [5, 5.41) is 7.95. The average molecular weight is 241 g/mol. The van der Waals surface area contributed by atoms with E-state index in [-0.39, 0.29) is 0 Å². The van der Waals surface area contributed by atoms with Crippen LogP contribution >= 0.6 is 0 Å². The molecule has 1 heterocycles. The Morgan fingerprint density at radius 3 is 2.78 bits per heavy atom. The van der Waals surface area contributed by atoms with E-state index in [4.69, 9.17) is 0 Å². The van der Waals surface area contributed by atoms with E-state index in [0.29, 0.717) is 6.04 Å². The molecule has 1 N–H and O–H groups in total. The van der Waals surface area contributed by atoms with Crippen molar-refractivity contribution in [2.45, 2.75) is 38.3 Å². The number of anilines is 1. The molecule has 1 aliphatic rings. The van der Waals surface area contributed by atoms with Crippen molar-refractivity contribution in [1.82, 2.24) is 9.78 Å². The molecule has 0 unspecified atom stereocenters. The molecule has 2 aromatic rings. The fourth-order valence-electron chi connectivity index (χ4n) is 2.66. The normalized spacial score (nSPS) is 16.0. The van der Waals surface area contributed by atoms with E-state index in [1.807, 2.05) is 23.1 Å². The lowest BCUT2D eigenvalue weighted by Crippen LogP contribution is -2.16. The van der Waals surface area contributed by atoms with Gasteiger partial charge in [0.1, 0.15) is 0 Å². The molecular weight excluding hydrogens is 222 g/mol. The first-order chi connectivity index (χ1) is 8.92. The van der Waals surface area contributed by atoms with Crippen molar-refractivity contribution in [2.75, 3.05) is 5.32 Å². The van der Waals surface area contributed by atoms with Crippen LogP contribution in [0.4, 0.5) is 5.69 Å². The quantitative estimate of drug-likeness (QED) is 0.890. The Labute approximate surface area is 108 Å². The molecule has 0 amide bonds. The summed E-state index contributed by atoms with van der Waals surface area (Å²) in [5.74, 6) is 0. The largest absolute Gasteiger partial charge is 0.382 e. The van der Waals surface area contributed by atoms with Gasteiger partial charge in [-0.1, -0.05) is 31.0 Å². The summed E-state index contributed by atoms with van der Waals surface area (Å²) >= 11 is 0.